The molecule has 1 atom stereocenters. The molecule has 12 heavy (non-hydrogen) atoms. The van der Waals surface area contributed by atoms with Gasteiger partial charge in [0, 0.05) is 0 Å². The zero-order valence-electron chi connectivity index (χ0n) is 9.09. The van der Waals surface area contributed by atoms with Gasteiger partial charge in [-0.05, 0) is 18.3 Å². The van der Waals surface area contributed by atoms with Gasteiger partial charge in [-0.2, -0.15) is 0 Å². The third-order valence-electron chi connectivity index (χ3n) is 2.38. The lowest BCUT2D eigenvalue weighted by molar-refractivity contribution is 0.475. The second kappa shape index (κ2) is 6.05. The summed E-state index contributed by atoms with van der Waals surface area (Å²) >= 11 is 0. The molecule has 1 rings (SSSR count). The Morgan fingerprint density at radius 1 is 1.17 bits per heavy atom. The van der Waals surface area contributed by atoms with Crippen LogP contribution in [0.1, 0.15) is 41.0 Å². The van der Waals surface area contributed by atoms with E-state index < -0.39 is 0 Å². The van der Waals surface area contributed by atoms with Crippen LogP contribution >= 0.6 is 0 Å². The van der Waals surface area contributed by atoms with Crippen molar-refractivity contribution in [3.8, 4) is 0 Å². The van der Waals surface area contributed by atoms with Gasteiger partial charge in [0.25, 0.3) is 0 Å². The van der Waals surface area contributed by atoms with Gasteiger partial charge in [0.1, 0.15) is 0 Å². The van der Waals surface area contributed by atoms with Crippen molar-refractivity contribution in [2.24, 2.45) is 11.8 Å². The van der Waals surface area contributed by atoms with Gasteiger partial charge in [0.2, 0.25) is 0 Å². The largest absolute Gasteiger partial charge is 0.0805 e. The summed E-state index contributed by atoms with van der Waals surface area (Å²) in [5.74, 6) is 1.54. The van der Waals surface area contributed by atoms with Gasteiger partial charge < -0.3 is 0 Å². The van der Waals surface area contributed by atoms with Crippen LogP contribution in [0.15, 0.2) is 23.8 Å². The molecule has 0 amide bonds. The molecule has 0 bridgehead atoms. The van der Waals surface area contributed by atoms with E-state index in [1.165, 1.54) is 6.42 Å². The van der Waals surface area contributed by atoms with E-state index in [1.807, 2.05) is 13.8 Å². The first-order chi connectivity index (χ1) is 5.72. The molecule has 1 aliphatic rings. The van der Waals surface area contributed by atoms with Gasteiger partial charge in [0.15, 0.2) is 0 Å². The number of allylic oxidation sites excluding steroid dienone is 4. The molecule has 0 heterocycles. The Hall–Kier alpha value is -0.520. The molecule has 0 saturated carbocycles. The molecule has 1 unspecified atom stereocenters. The van der Waals surface area contributed by atoms with Crippen molar-refractivity contribution < 1.29 is 0 Å². The lowest BCUT2D eigenvalue weighted by Crippen LogP contribution is -2.05. The summed E-state index contributed by atoms with van der Waals surface area (Å²) in [5, 5.41) is 0. The summed E-state index contributed by atoms with van der Waals surface area (Å²) in [4.78, 5) is 0. The van der Waals surface area contributed by atoms with Crippen molar-refractivity contribution in [1.82, 2.24) is 0 Å². The van der Waals surface area contributed by atoms with Crippen molar-refractivity contribution in [3.63, 3.8) is 0 Å². The van der Waals surface area contributed by atoms with Gasteiger partial charge >= 0.3 is 0 Å². The highest BCUT2D eigenvalue weighted by atomic mass is 14.2. The highest BCUT2D eigenvalue weighted by molar-refractivity contribution is 5.24. The molecule has 0 fully saturated rings. The average Bonchev–Trinajstić information content (AvgIpc) is 2.58. The molecule has 1 aliphatic carbocycles. The van der Waals surface area contributed by atoms with Crippen LogP contribution in [0, 0.1) is 11.8 Å². The van der Waals surface area contributed by atoms with Crippen molar-refractivity contribution in [2.45, 2.75) is 41.0 Å². The van der Waals surface area contributed by atoms with Gasteiger partial charge in [-0.3, -0.25) is 0 Å². The highest BCUT2D eigenvalue weighted by Crippen LogP contribution is 2.25. The lowest BCUT2D eigenvalue weighted by Gasteiger charge is -2.16. The number of hydrogen-bond donors (Lipinski definition) is 0. The zero-order chi connectivity index (χ0) is 9.56. The van der Waals surface area contributed by atoms with E-state index in [4.69, 9.17) is 0 Å². The van der Waals surface area contributed by atoms with Crippen molar-refractivity contribution >= 4 is 0 Å². The maximum absolute atomic E-state index is 2.31. The zero-order valence-corrected chi connectivity index (χ0v) is 9.09. The Balaban J connectivity index is 0.000000561. The SMILES string of the molecule is CC.CC(C)C(C)C1=CC=CC1. The molecule has 0 aromatic carbocycles. The fourth-order valence-corrected chi connectivity index (χ4v) is 1.23. The van der Waals surface area contributed by atoms with E-state index in [0.717, 1.165) is 11.8 Å². The van der Waals surface area contributed by atoms with Gasteiger partial charge in [0.05, 0.1) is 0 Å². The predicted octanol–water partition coefficient (Wildman–Crippen LogP) is 4.19. The molecular formula is C12H22. The summed E-state index contributed by atoms with van der Waals surface area (Å²) < 4.78 is 0. The van der Waals surface area contributed by atoms with E-state index in [9.17, 15) is 0 Å². The fraction of sp³-hybridized carbons (Fsp3) is 0.667. The van der Waals surface area contributed by atoms with Crippen LogP contribution in [-0.4, -0.2) is 0 Å². The minimum Gasteiger partial charge on any atom is -0.0805 e. The van der Waals surface area contributed by atoms with Crippen LogP contribution in [0.2, 0.25) is 0 Å². The molecule has 0 N–H and O–H groups in total. The Kier molecular flexibility index (Phi) is 5.79. The Labute approximate surface area is 77.4 Å². The van der Waals surface area contributed by atoms with Crippen LogP contribution in [0.4, 0.5) is 0 Å². The van der Waals surface area contributed by atoms with E-state index in [-0.39, 0.29) is 0 Å². The standard InChI is InChI=1S/C10H16.C2H6/c1-8(2)9(3)10-6-4-5-7-10;1-2/h4-6,8-9H,7H2,1-3H3;1-2H3. The third kappa shape index (κ3) is 3.25. The molecule has 0 spiro atoms. The predicted molar refractivity (Wildman–Crippen MR) is 57.2 cm³/mol. The van der Waals surface area contributed by atoms with Gasteiger partial charge in [-0.1, -0.05) is 58.4 Å². The maximum atomic E-state index is 2.31. The second-order valence-corrected chi connectivity index (χ2v) is 3.41. The van der Waals surface area contributed by atoms with Crippen molar-refractivity contribution in [2.75, 3.05) is 0 Å². The summed E-state index contributed by atoms with van der Waals surface area (Å²) in [7, 11) is 0. The second-order valence-electron chi connectivity index (χ2n) is 3.41. The molecule has 0 aliphatic heterocycles. The van der Waals surface area contributed by atoms with E-state index in [0.29, 0.717) is 0 Å². The van der Waals surface area contributed by atoms with E-state index in [1.54, 1.807) is 5.57 Å². The normalized spacial score (nSPS) is 17.0. The smallest absolute Gasteiger partial charge is 0.0130 e. The minimum absolute atomic E-state index is 0.759. The third-order valence-corrected chi connectivity index (χ3v) is 2.38. The molecule has 0 aromatic rings. The maximum Gasteiger partial charge on any atom is -0.0130 e. The monoisotopic (exact) mass is 166 g/mol. The summed E-state index contributed by atoms with van der Waals surface area (Å²) in [6.45, 7) is 10.9. The Morgan fingerprint density at radius 3 is 2.08 bits per heavy atom. The minimum atomic E-state index is 0.759. The Bertz CT molecular complexity index is 161. The Morgan fingerprint density at radius 2 is 1.75 bits per heavy atom. The first kappa shape index (κ1) is 11.5. The van der Waals surface area contributed by atoms with Crippen LogP contribution in [-0.2, 0) is 0 Å². The van der Waals surface area contributed by atoms with E-state index in [2.05, 4.69) is 39.0 Å². The first-order valence-electron chi connectivity index (χ1n) is 5.07. The summed E-state index contributed by atoms with van der Waals surface area (Å²) in [6, 6.07) is 0. The summed E-state index contributed by atoms with van der Waals surface area (Å²) in [6.07, 6.45) is 7.83. The molecule has 70 valence electrons. The quantitative estimate of drug-likeness (QED) is 0.577. The molecule has 0 heteroatoms. The number of hydrogen-bond acceptors (Lipinski definition) is 0. The summed E-state index contributed by atoms with van der Waals surface area (Å²) in [5.41, 5.74) is 1.59. The van der Waals surface area contributed by atoms with Crippen LogP contribution in [0.3, 0.4) is 0 Å². The topological polar surface area (TPSA) is 0 Å². The molecule has 0 aromatic heterocycles. The molecule has 0 nitrogen and oxygen atoms in total. The molecule has 0 saturated heterocycles. The van der Waals surface area contributed by atoms with Crippen LogP contribution < -0.4 is 0 Å². The van der Waals surface area contributed by atoms with Gasteiger partial charge in [-0.25, -0.2) is 0 Å². The molecular weight excluding hydrogens is 144 g/mol. The highest BCUT2D eigenvalue weighted by Gasteiger charge is 2.12. The number of rotatable bonds is 2. The lowest BCUT2D eigenvalue weighted by atomic mass is 9.89. The fourth-order valence-electron chi connectivity index (χ4n) is 1.23. The van der Waals surface area contributed by atoms with E-state index >= 15 is 0 Å². The first-order valence-corrected chi connectivity index (χ1v) is 5.07. The van der Waals surface area contributed by atoms with Crippen molar-refractivity contribution in [3.05, 3.63) is 23.8 Å². The van der Waals surface area contributed by atoms with Crippen molar-refractivity contribution in [1.29, 1.82) is 0 Å². The van der Waals surface area contributed by atoms with Crippen LogP contribution in [0.5, 0.6) is 0 Å². The van der Waals surface area contributed by atoms with Gasteiger partial charge in [-0.15, -0.1) is 0 Å². The average molecular weight is 166 g/mol. The van der Waals surface area contributed by atoms with Crippen LogP contribution in [0.25, 0.3) is 0 Å². The molecule has 0 radical (unpaired) electrons.